The van der Waals surface area contributed by atoms with Crippen LogP contribution in [-0.4, -0.2) is 60.5 Å². The first-order chi connectivity index (χ1) is 16.8. The molecule has 2 amide bonds. The van der Waals surface area contributed by atoms with E-state index in [4.69, 9.17) is 5.41 Å². The molecule has 1 aromatic carbocycles. The van der Waals surface area contributed by atoms with Crippen molar-refractivity contribution in [2.75, 3.05) is 13.1 Å². The molecule has 3 aliphatic heterocycles. The third kappa shape index (κ3) is 4.41. The summed E-state index contributed by atoms with van der Waals surface area (Å²) in [5, 5.41) is 24.9. The molecule has 0 unspecified atom stereocenters. The normalized spacial score (nSPS) is 19.2. The Hall–Kier alpha value is -3.66. The number of carbonyl (C=O) groups is 2. The number of aromatic nitrogens is 1. The summed E-state index contributed by atoms with van der Waals surface area (Å²) in [6, 6.07) is 8.83. The minimum absolute atomic E-state index is 0.0201. The van der Waals surface area contributed by atoms with Crippen molar-refractivity contribution in [2.24, 2.45) is 10.1 Å². The largest absolute Gasteiger partial charge is 0.508 e. The van der Waals surface area contributed by atoms with Crippen molar-refractivity contribution in [1.82, 2.24) is 14.5 Å². The van der Waals surface area contributed by atoms with Crippen LogP contribution in [0.1, 0.15) is 42.6 Å². The van der Waals surface area contributed by atoms with Crippen molar-refractivity contribution in [2.45, 2.75) is 39.5 Å². The van der Waals surface area contributed by atoms with E-state index in [0.29, 0.717) is 10.2 Å². The number of hydrogen-bond donors (Lipinski definition) is 2. The number of carbonyl (C=O) groups excluding carboxylic acids is 2. The Kier molecular flexibility index (Phi) is 6.06. The summed E-state index contributed by atoms with van der Waals surface area (Å²) >= 11 is 1.18. The maximum absolute atomic E-state index is 12.8. The summed E-state index contributed by atoms with van der Waals surface area (Å²) in [5.74, 6) is -0.342. The molecule has 2 N–H and O–H groups in total. The monoisotopic (exact) mass is 490 g/mol. The molecular weight excluding hydrogens is 464 g/mol. The first kappa shape index (κ1) is 23.1. The van der Waals surface area contributed by atoms with Crippen LogP contribution in [-0.2, 0) is 9.59 Å². The quantitative estimate of drug-likeness (QED) is 0.633. The number of thioether (sulfide) groups is 1. The van der Waals surface area contributed by atoms with E-state index in [9.17, 15) is 14.7 Å². The zero-order chi connectivity index (χ0) is 24.7. The predicted octanol–water partition coefficient (Wildman–Crippen LogP) is 3.82. The van der Waals surface area contributed by atoms with E-state index in [-0.39, 0.29) is 29.5 Å². The van der Waals surface area contributed by atoms with Crippen molar-refractivity contribution in [3.8, 4) is 11.4 Å². The highest BCUT2D eigenvalue weighted by Gasteiger charge is 2.36. The maximum Gasteiger partial charge on any atom is 0.283 e. The molecule has 0 atom stereocenters. The molecule has 0 spiro atoms. The Bertz CT molecular complexity index is 1320. The summed E-state index contributed by atoms with van der Waals surface area (Å²) < 4.78 is 2.02. The Morgan fingerprint density at radius 3 is 2.60 bits per heavy atom. The van der Waals surface area contributed by atoms with Crippen LogP contribution < -0.4 is 0 Å². The second kappa shape index (κ2) is 9.18. The Balaban J connectivity index is 1.39. The SMILES string of the molecule is Cc1cc(C=C2C(=N)N3N=C(CC(=O)N4CCCCC4)SC3=NC2=O)c(C)n1-c1ccc(O)cc1. The van der Waals surface area contributed by atoms with Crippen molar-refractivity contribution in [3.05, 3.63) is 52.9 Å². The van der Waals surface area contributed by atoms with Gasteiger partial charge in [-0.1, -0.05) is 0 Å². The summed E-state index contributed by atoms with van der Waals surface area (Å²) in [6.45, 7) is 5.43. The maximum atomic E-state index is 12.8. The summed E-state index contributed by atoms with van der Waals surface area (Å²) in [6.07, 6.45) is 5.00. The lowest BCUT2D eigenvalue weighted by Gasteiger charge is -2.26. The molecule has 9 nitrogen and oxygen atoms in total. The van der Waals surface area contributed by atoms with Crippen LogP contribution in [0.4, 0.5) is 0 Å². The number of amidine groups is 2. The number of benzene rings is 1. The molecule has 1 fully saturated rings. The zero-order valence-corrected chi connectivity index (χ0v) is 20.4. The van der Waals surface area contributed by atoms with Gasteiger partial charge in [-0.15, -0.1) is 0 Å². The van der Waals surface area contributed by atoms with Crippen molar-refractivity contribution >= 4 is 45.7 Å². The van der Waals surface area contributed by atoms with Crippen LogP contribution in [0, 0.1) is 19.3 Å². The molecule has 0 saturated carbocycles. The number of nitrogens with zero attached hydrogens (tertiary/aromatic N) is 5. The van der Waals surface area contributed by atoms with Crippen LogP contribution in [0.25, 0.3) is 11.8 Å². The Morgan fingerprint density at radius 1 is 1.17 bits per heavy atom. The number of aryl methyl sites for hydroxylation is 1. The van der Waals surface area contributed by atoms with E-state index >= 15 is 0 Å². The van der Waals surface area contributed by atoms with Gasteiger partial charge in [0.25, 0.3) is 5.91 Å². The van der Waals surface area contributed by atoms with Crippen LogP contribution in [0.2, 0.25) is 0 Å². The molecule has 10 heteroatoms. The van der Waals surface area contributed by atoms with E-state index in [1.807, 2.05) is 41.5 Å². The number of aliphatic imine (C=N–C) groups is 1. The first-order valence-corrected chi connectivity index (χ1v) is 12.4. The number of rotatable bonds is 4. The summed E-state index contributed by atoms with van der Waals surface area (Å²) in [4.78, 5) is 31.5. The number of piperidine rings is 1. The molecule has 5 rings (SSSR count). The minimum Gasteiger partial charge on any atom is -0.508 e. The van der Waals surface area contributed by atoms with Gasteiger partial charge in [0.15, 0.2) is 5.84 Å². The van der Waals surface area contributed by atoms with Crippen LogP contribution in [0.15, 0.2) is 46.0 Å². The number of phenols is 1. The number of fused-ring (bicyclic) bond motifs is 1. The first-order valence-electron chi connectivity index (χ1n) is 11.6. The van der Waals surface area contributed by atoms with Crippen LogP contribution in [0.5, 0.6) is 5.75 Å². The summed E-state index contributed by atoms with van der Waals surface area (Å²) in [5.41, 5.74) is 3.66. The predicted molar refractivity (Wildman–Crippen MR) is 137 cm³/mol. The highest BCUT2D eigenvalue weighted by molar-refractivity contribution is 8.27. The third-order valence-corrected chi connectivity index (χ3v) is 7.29. The highest BCUT2D eigenvalue weighted by Crippen LogP contribution is 2.31. The molecule has 3 aliphatic rings. The fourth-order valence-electron chi connectivity index (χ4n) is 4.58. The van der Waals surface area contributed by atoms with Gasteiger partial charge in [-0.3, -0.25) is 15.0 Å². The number of hydrogen-bond acceptors (Lipinski definition) is 6. The molecule has 2 aromatic rings. The topological polar surface area (TPSA) is 114 Å². The number of amides is 2. The van der Waals surface area contributed by atoms with Gasteiger partial charge < -0.3 is 14.6 Å². The molecule has 35 heavy (non-hydrogen) atoms. The number of phenolic OH excluding ortho intramolecular Hbond substituents is 1. The molecule has 1 saturated heterocycles. The van der Waals surface area contributed by atoms with E-state index < -0.39 is 5.91 Å². The Morgan fingerprint density at radius 2 is 1.89 bits per heavy atom. The molecule has 180 valence electrons. The van der Waals surface area contributed by atoms with Crippen LogP contribution >= 0.6 is 11.8 Å². The number of aromatic hydroxyl groups is 1. The highest BCUT2D eigenvalue weighted by atomic mass is 32.2. The van der Waals surface area contributed by atoms with E-state index in [0.717, 1.165) is 55.0 Å². The average molecular weight is 491 g/mol. The lowest BCUT2D eigenvalue weighted by molar-refractivity contribution is -0.130. The van der Waals surface area contributed by atoms with E-state index in [1.165, 1.54) is 16.8 Å². The standard InChI is InChI=1S/C25H26N6O3S/c1-15-12-17(16(2)30(15)18-6-8-19(32)9-7-18)13-20-23(26)31-25(27-24(20)34)35-21(28-31)14-22(33)29-10-4-3-5-11-29/h6-9,12-13,26,32H,3-5,10-11,14H2,1-2H3. The van der Waals surface area contributed by atoms with Crippen LogP contribution in [0.3, 0.4) is 0 Å². The molecule has 0 aliphatic carbocycles. The average Bonchev–Trinajstić information content (AvgIpc) is 3.37. The third-order valence-electron chi connectivity index (χ3n) is 6.39. The minimum atomic E-state index is -0.498. The van der Waals surface area contributed by atoms with Gasteiger partial charge in [0, 0.05) is 30.2 Å². The smallest absolute Gasteiger partial charge is 0.283 e. The molecule has 0 bridgehead atoms. The van der Waals surface area contributed by atoms with Gasteiger partial charge in [-0.25, -0.2) is 0 Å². The second-order valence-corrected chi connectivity index (χ2v) is 9.85. The number of likely N-dealkylation sites (tertiary alicyclic amines) is 1. The lowest BCUT2D eigenvalue weighted by atomic mass is 10.1. The van der Waals surface area contributed by atoms with Crippen molar-refractivity contribution in [3.63, 3.8) is 0 Å². The molecule has 1 aromatic heterocycles. The fourth-order valence-corrected chi connectivity index (χ4v) is 5.45. The van der Waals surface area contributed by atoms with Gasteiger partial charge in [0.1, 0.15) is 10.8 Å². The second-order valence-electron chi connectivity index (χ2n) is 8.81. The van der Waals surface area contributed by atoms with Gasteiger partial charge in [0.2, 0.25) is 11.1 Å². The van der Waals surface area contributed by atoms with Gasteiger partial charge in [0.05, 0.1) is 12.0 Å². The van der Waals surface area contributed by atoms with Gasteiger partial charge >= 0.3 is 0 Å². The number of nitrogens with one attached hydrogen (secondary N) is 1. The number of hydrazone groups is 1. The van der Waals surface area contributed by atoms with Gasteiger partial charge in [-0.05, 0) is 86.8 Å². The fraction of sp³-hybridized carbons (Fsp3) is 0.320. The Labute approximate surface area is 207 Å². The molecule has 4 heterocycles. The van der Waals surface area contributed by atoms with E-state index in [1.54, 1.807) is 18.2 Å². The lowest BCUT2D eigenvalue weighted by Crippen LogP contribution is -2.36. The van der Waals surface area contributed by atoms with Crippen molar-refractivity contribution in [1.29, 1.82) is 5.41 Å². The molecule has 0 radical (unpaired) electrons. The van der Waals surface area contributed by atoms with E-state index in [2.05, 4.69) is 10.1 Å². The summed E-state index contributed by atoms with van der Waals surface area (Å²) in [7, 11) is 0. The molecular formula is C25H26N6O3S. The zero-order valence-electron chi connectivity index (χ0n) is 19.6. The van der Waals surface area contributed by atoms with Crippen molar-refractivity contribution < 1.29 is 14.7 Å². The van der Waals surface area contributed by atoms with Gasteiger partial charge in [-0.2, -0.15) is 15.1 Å².